The first-order valence-electron chi connectivity index (χ1n) is 9.69. The Bertz CT molecular complexity index is 870. The minimum Gasteiger partial charge on any atom is -0.480 e. The van der Waals surface area contributed by atoms with Crippen molar-refractivity contribution in [1.82, 2.24) is 0 Å². The zero-order chi connectivity index (χ0) is 21.2. The molecule has 6 heteroatoms. The molecule has 0 aliphatic carbocycles. The van der Waals surface area contributed by atoms with E-state index < -0.39 is 23.4 Å². The van der Waals surface area contributed by atoms with Crippen LogP contribution < -0.4 is 4.74 Å². The van der Waals surface area contributed by atoms with Crippen molar-refractivity contribution in [2.75, 3.05) is 6.61 Å². The van der Waals surface area contributed by atoms with Crippen molar-refractivity contribution in [1.29, 1.82) is 0 Å². The van der Waals surface area contributed by atoms with Gasteiger partial charge in [0, 0.05) is 6.42 Å². The minimum atomic E-state index is -4.43. The standard InChI is InChI=1S/C23H26F3NO2/c1-15(2)16-9-11-18(12-10-16)29-20(21-27-22(3,4)14-28-21)13-17-7-5-6-8-19(17)23(24,25)26/h5-12,15,20H,13-14H2,1-4H3. The van der Waals surface area contributed by atoms with Crippen LogP contribution in [0, 0.1) is 0 Å². The quantitative estimate of drug-likeness (QED) is 0.588. The van der Waals surface area contributed by atoms with Crippen LogP contribution in [0.25, 0.3) is 0 Å². The summed E-state index contributed by atoms with van der Waals surface area (Å²) in [5.41, 5.74) is 0.218. The van der Waals surface area contributed by atoms with Crippen LogP contribution in [-0.4, -0.2) is 24.1 Å². The van der Waals surface area contributed by atoms with Gasteiger partial charge in [0.25, 0.3) is 0 Å². The van der Waals surface area contributed by atoms with Gasteiger partial charge in [-0.15, -0.1) is 0 Å². The summed E-state index contributed by atoms with van der Waals surface area (Å²) in [5.74, 6) is 1.28. The Hall–Kier alpha value is -2.50. The average Bonchev–Trinajstić information content (AvgIpc) is 3.01. The minimum absolute atomic E-state index is 0.0104. The van der Waals surface area contributed by atoms with Crippen molar-refractivity contribution in [2.45, 2.75) is 57.9 Å². The Kier molecular flexibility index (Phi) is 5.92. The average molecular weight is 405 g/mol. The molecule has 0 N–H and O–H groups in total. The van der Waals surface area contributed by atoms with Crippen LogP contribution in [0.1, 0.15) is 50.3 Å². The number of benzene rings is 2. The number of ether oxygens (including phenoxy) is 2. The first-order valence-corrected chi connectivity index (χ1v) is 9.69. The maximum Gasteiger partial charge on any atom is 0.416 e. The SMILES string of the molecule is CC(C)c1ccc(OC(Cc2ccccc2C(F)(F)F)C2=NC(C)(C)CO2)cc1. The predicted octanol–water partition coefficient (Wildman–Crippen LogP) is 6.03. The van der Waals surface area contributed by atoms with E-state index in [1.54, 1.807) is 6.07 Å². The largest absolute Gasteiger partial charge is 0.480 e. The van der Waals surface area contributed by atoms with E-state index in [0.29, 0.717) is 24.2 Å². The smallest absolute Gasteiger partial charge is 0.416 e. The van der Waals surface area contributed by atoms with E-state index in [1.807, 2.05) is 38.1 Å². The molecule has 1 aliphatic rings. The zero-order valence-electron chi connectivity index (χ0n) is 17.1. The summed E-state index contributed by atoms with van der Waals surface area (Å²) < 4.78 is 52.1. The van der Waals surface area contributed by atoms with Crippen LogP contribution in [0.5, 0.6) is 5.75 Å². The van der Waals surface area contributed by atoms with Gasteiger partial charge >= 0.3 is 6.18 Å². The normalized spacial score (nSPS) is 17.0. The maximum absolute atomic E-state index is 13.4. The Morgan fingerprint density at radius 1 is 1.07 bits per heavy atom. The third-order valence-electron chi connectivity index (χ3n) is 4.81. The lowest BCUT2D eigenvalue weighted by Crippen LogP contribution is -2.31. The lowest BCUT2D eigenvalue weighted by Gasteiger charge is -2.21. The van der Waals surface area contributed by atoms with Gasteiger partial charge in [-0.1, -0.05) is 44.2 Å². The first kappa shape index (κ1) is 21.2. The number of nitrogens with zero attached hydrogens (tertiary/aromatic N) is 1. The van der Waals surface area contributed by atoms with Gasteiger partial charge in [-0.3, -0.25) is 0 Å². The van der Waals surface area contributed by atoms with E-state index >= 15 is 0 Å². The van der Waals surface area contributed by atoms with E-state index in [0.717, 1.165) is 11.6 Å². The van der Waals surface area contributed by atoms with Gasteiger partial charge in [-0.05, 0) is 49.1 Å². The van der Waals surface area contributed by atoms with Crippen molar-refractivity contribution >= 4 is 5.90 Å². The first-order chi connectivity index (χ1) is 13.5. The molecule has 0 radical (unpaired) electrons. The molecule has 0 bridgehead atoms. The summed E-state index contributed by atoms with van der Waals surface area (Å²) in [5, 5.41) is 0. The number of hydrogen-bond donors (Lipinski definition) is 0. The van der Waals surface area contributed by atoms with Gasteiger partial charge in [0.05, 0.1) is 11.1 Å². The third kappa shape index (κ3) is 5.31. The summed E-state index contributed by atoms with van der Waals surface area (Å²) in [6, 6.07) is 13.1. The number of hydrogen-bond acceptors (Lipinski definition) is 3. The van der Waals surface area contributed by atoms with Crippen LogP contribution >= 0.6 is 0 Å². The second-order valence-corrected chi connectivity index (χ2v) is 8.24. The molecule has 2 aromatic carbocycles. The van der Waals surface area contributed by atoms with Crippen molar-refractivity contribution < 1.29 is 22.6 Å². The molecule has 2 aromatic rings. The molecule has 3 rings (SSSR count). The van der Waals surface area contributed by atoms with Gasteiger partial charge in [0.1, 0.15) is 12.4 Å². The molecule has 0 spiro atoms. The monoisotopic (exact) mass is 405 g/mol. The van der Waals surface area contributed by atoms with Crippen LogP contribution in [-0.2, 0) is 17.3 Å². The number of halogens is 3. The highest BCUT2D eigenvalue weighted by atomic mass is 19.4. The molecule has 1 aliphatic heterocycles. The van der Waals surface area contributed by atoms with E-state index in [9.17, 15) is 13.2 Å². The summed E-state index contributed by atoms with van der Waals surface area (Å²) in [7, 11) is 0. The predicted molar refractivity (Wildman–Crippen MR) is 108 cm³/mol. The van der Waals surface area contributed by atoms with Gasteiger partial charge in [-0.2, -0.15) is 13.2 Å². The van der Waals surface area contributed by atoms with Crippen LogP contribution in [0.3, 0.4) is 0 Å². The molecule has 0 saturated heterocycles. The van der Waals surface area contributed by atoms with Crippen molar-refractivity contribution in [3.05, 3.63) is 65.2 Å². The molecular formula is C23H26F3NO2. The topological polar surface area (TPSA) is 30.8 Å². The maximum atomic E-state index is 13.4. The molecule has 156 valence electrons. The molecule has 0 saturated carbocycles. The second kappa shape index (κ2) is 8.09. The van der Waals surface area contributed by atoms with E-state index in [-0.39, 0.29) is 12.0 Å². The van der Waals surface area contributed by atoms with E-state index in [4.69, 9.17) is 9.47 Å². The zero-order valence-corrected chi connectivity index (χ0v) is 17.1. The number of rotatable bonds is 6. The summed E-state index contributed by atoms with van der Waals surface area (Å²) in [6.07, 6.45) is -5.17. The van der Waals surface area contributed by atoms with Crippen molar-refractivity contribution in [3.63, 3.8) is 0 Å². The van der Waals surface area contributed by atoms with Crippen LogP contribution in [0.15, 0.2) is 53.5 Å². The van der Waals surface area contributed by atoms with Gasteiger partial charge in [0.2, 0.25) is 5.90 Å². The Labute approximate surface area is 169 Å². The molecule has 3 nitrogen and oxygen atoms in total. The molecule has 1 heterocycles. The van der Waals surface area contributed by atoms with Gasteiger partial charge < -0.3 is 9.47 Å². The van der Waals surface area contributed by atoms with E-state index in [2.05, 4.69) is 18.8 Å². The fourth-order valence-corrected chi connectivity index (χ4v) is 3.23. The van der Waals surface area contributed by atoms with Gasteiger partial charge in [-0.25, -0.2) is 4.99 Å². The van der Waals surface area contributed by atoms with E-state index in [1.165, 1.54) is 12.1 Å². The van der Waals surface area contributed by atoms with Crippen molar-refractivity contribution in [2.24, 2.45) is 4.99 Å². The molecule has 0 fully saturated rings. The fourth-order valence-electron chi connectivity index (χ4n) is 3.23. The van der Waals surface area contributed by atoms with Crippen LogP contribution in [0.2, 0.25) is 0 Å². The second-order valence-electron chi connectivity index (χ2n) is 8.24. The highest BCUT2D eigenvalue weighted by Crippen LogP contribution is 2.33. The Morgan fingerprint density at radius 3 is 2.28 bits per heavy atom. The van der Waals surface area contributed by atoms with Crippen molar-refractivity contribution in [3.8, 4) is 5.75 Å². The fraction of sp³-hybridized carbons (Fsp3) is 0.435. The lowest BCUT2D eigenvalue weighted by atomic mass is 10.0. The molecule has 1 unspecified atom stereocenters. The molecule has 0 aromatic heterocycles. The number of aliphatic imine (C=N–C) groups is 1. The molecular weight excluding hydrogens is 379 g/mol. The highest BCUT2D eigenvalue weighted by Gasteiger charge is 2.36. The van der Waals surface area contributed by atoms with Crippen LogP contribution in [0.4, 0.5) is 13.2 Å². The molecule has 0 amide bonds. The Balaban J connectivity index is 1.91. The highest BCUT2D eigenvalue weighted by molar-refractivity contribution is 5.83. The summed E-state index contributed by atoms with van der Waals surface area (Å²) in [4.78, 5) is 4.54. The lowest BCUT2D eigenvalue weighted by molar-refractivity contribution is -0.138. The Morgan fingerprint density at radius 2 is 1.72 bits per heavy atom. The molecule has 29 heavy (non-hydrogen) atoms. The summed E-state index contributed by atoms with van der Waals surface area (Å²) >= 11 is 0. The molecule has 1 atom stereocenters. The summed E-state index contributed by atoms with van der Waals surface area (Å²) in [6.45, 7) is 8.39. The van der Waals surface area contributed by atoms with Gasteiger partial charge in [0.15, 0.2) is 6.10 Å². The number of alkyl halides is 3. The third-order valence-corrected chi connectivity index (χ3v) is 4.81.